The van der Waals surface area contributed by atoms with E-state index in [1.807, 2.05) is 19.1 Å². The van der Waals surface area contributed by atoms with Gasteiger partial charge in [-0.2, -0.15) is 13.2 Å². The summed E-state index contributed by atoms with van der Waals surface area (Å²) < 4.78 is 48.7. The number of nitrogens with zero attached hydrogens (tertiary/aromatic N) is 2. The highest BCUT2D eigenvalue weighted by atomic mass is 19.4. The van der Waals surface area contributed by atoms with Crippen molar-refractivity contribution in [1.29, 1.82) is 0 Å². The van der Waals surface area contributed by atoms with E-state index in [9.17, 15) is 13.2 Å². The molecule has 2 aliphatic heterocycles. The third-order valence-electron chi connectivity index (χ3n) is 5.74. The first-order chi connectivity index (χ1) is 13.9. The predicted molar refractivity (Wildman–Crippen MR) is 103 cm³/mol. The SMILES string of the molecule is CCNC(=NCC1(c2ccc3c(c2)OCO3)CC1)NC1CCN(CC(F)(F)F)C1. The summed E-state index contributed by atoms with van der Waals surface area (Å²) in [5.41, 5.74) is 1.19. The van der Waals surface area contributed by atoms with Crippen LogP contribution < -0.4 is 20.1 Å². The fraction of sp³-hybridized carbons (Fsp3) is 0.650. The molecule has 1 aliphatic carbocycles. The van der Waals surface area contributed by atoms with Crippen LogP contribution in [0.15, 0.2) is 23.2 Å². The number of fused-ring (bicyclic) bond motifs is 1. The van der Waals surface area contributed by atoms with Gasteiger partial charge in [-0.15, -0.1) is 0 Å². The number of ether oxygens (including phenoxy) is 2. The maximum absolute atomic E-state index is 12.6. The van der Waals surface area contributed by atoms with Crippen molar-refractivity contribution in [2.75, 3.05) is 39.5 Å². The molecule has 9 heteroatoms. The van der Waals surface area contributed by atoms with Crippen LogP contribution in [0.2, 0.25) is 0 Å². The van der Waals surface area contributed by atoms with Crippen molar-refractivity contribution >= 4 is 5.96 Å². The second kappa shape index (κ2) is 7.93. The maximum atomic E-state index is 12.6. The molecule has 1 unspecified atom stereocenters. The molecule has 1 saturated carbocycles. The summed E-state index contributed by atoms with van der Waals surface area (Å²) in [5, 5.41) is 6.53. The molecule has 1 atom stereocenters. The third kappa shape index (κ3) is 4.88. The fourth-order valence-electron chi connectivity index (χ4n) is 4.01. The third-order valence-corrected chi connectivity index (χ3v) is 5.74. The molecule has 4 rings (SSSR count). The lowest BCUT2D eigenvalue weighted by molar-refractivity contribution is -0.143. The topological polar surface area (TPSA) is 58.1 Å². The average Bonchev–Trinajstić information content (AvgIpc) is 3.09. The van der Waals surface area contributed by atoms with Crippen LogP contribution in [-0.4, -0.2) is 62.6 Å². The molecule has 0 aromatic heterocycles. The molecule has 3 aliphatic rings. The molecule has 1 saturated heterocycles. The summed E-state index contributed by atoms with van der Waals surface area (Å²) >= 11 is 0. The van der Waals surface area contributed by atoms with Gasteiger partial charge in [-0.3, -0.25) is 9.89 Å². The number of likely N-dealkylation sites (tertiary alicyclic amines) is 1. The molecule has 6 nitrogen and oxygen atoms in total. The first kappa shape index (κ1) is 20.1. The van der Waals surface area contributed by atoms with Crippen molar-refractivity contribution in [2.45, 2.75) is 43.8 Å². The number of nitrogens with one attached hydrogen (secondary N) is 2. The van der Waals surface area contributed by atoms with Crippen molar-refractivity contribution in [3.05, 3.63) is 23.8 Å². The molecular formula is C20H27F3N4O2. The average molecular weight is 412 g/mol. The molecule has 160 valence electrons. The molecule has 1 aromatic carbocycles. The highest BCUT2D eigenvalue weighted by Crippen LogP contribution is 2.50. The van der Waals surface area contributed by atoms with E-state index in [0.29, 0.717) is 38.6 Å². The standard InChI is InChI=1S/C20H27F3N4O2/c1-2-24-18(26-15-5-8-27(10-15)12-20(21,22)23)25-11-19(6-7-19)14-3-4-16-17(9-14)29-13-28-16/h3-4,9,15H,2,5-8,10-13H2,1H3,(H2,24,25,26). The normalized spacial score (nSPS) is 23.3. The Hall–Kier alpha value is -2.16. The molecule has 2 N–H and O–H groups in total. The first-order valence-corrected chi connectivity index (χ1v) is 10.1. The molecule has 29 heavy (non-hydrogen) atoms. The Morgan fingerprint density at radius 3 is 2.79 bits per heavy atom. The van der Waals surface area contributed by atoms with Crippen molar-refractivity contribution in [3.63, 3.8) is 0 Å². The lowest BCUT2D eigenvalue weighted by Crippen LogP contribution is -2.45. The van der Waals surface area contributed by atoms with E-state index >= 15 is 0 Å². The lowest BCUT2D eigenvalue weighted by Gasteiger charge is -2.20. The summed E-state index contributed by atoms with van der Waals surface area (Å²) in [6.45, 7) is 3.52. The summed E-state index contributed by atoms with van der Waals surface area (Å²) in [7, 11) is 0. The number of hydrogen-bond donors (Lipinski definition) is 2. The van der Waals surface area contributed by atoms with Gasteiger partial charge in [0, 0.05) is 31.1 Å². The Balaban J connectivity index is 1.37. The molecule has 0 spiro atoms. The minimum atomic E-state index is -4.16. The Kier molecular flexibility index (Phi) is 5.50. The van der Waals surface area contributed by atoms with Crippen LogP contribution in [0.3, 0.4) is 0 Å². The Bertz CT molecular complexity index is 765. The molecule has 2 heterocycles. The van der Waals surface area contributed by atoms with Crippen molar-refractivity contribution < 1.29 is 22.6 Å². The van der Waals surface area contributed by atoms with Gasteiger partial charge in [-0.25, -0.2) is 0 Å². The maximum Gasteiger partial charge on any atom is 0.401 e. The van der Waals surface area contributed by atoms with E-state index in [2.05, 4.69) is 16.7 Å². The van der Waals surface area contributed by atoms with E-state index < -0.39 is 12.7 Å². The highest BCUT2D eigenvalue weighted by molar-refractivity contribution is 5.80. The van der Waals surface area contributed by atoms with Crippen molar-refractivity contribution in [3.8, 4) is 11.5 Å². The van der Waals surface area contributed by atoms with Gasteiger partial charge < -0.3 is 20.1 Å². The zero-order chi connectivity index (χ0) is 20.5. The Labute approximate surface area is 168 Å². The van der Waals surface area contributed by atoms with E-state index in [0.717, 1.165) is 24.3 Å². The highest BCUT2D eigenvalue weighted by Gasteiger charge is 2.45. The number of alkyl halides is 3. The van der Waals surface area contributed by atoms with Gasteiger partial charge in [0.25, 0.3) is 0 Å². The molecular weight excluding hydrogens is 385 g/mol. The smallest absolute Gasteiger partial charge is 0.401 e. The van der Waals surface area contributed by atoms with Crippen LogP contribution in [0, 0.1) is 0 Å². The van der Waals surface area contributed by atoms with E-state index in [1.54, 1.807) is 0 Å². The van der Waals surface area contributed by atoms with E-state index in [1.165, 1.54) is 10.5 Å². The van der Waals surface area contributed by atoms with Crippen molar-refractivity contribution in [1.82, 2.24) is 15.5 Å². The van der Waals surface area contributed by atoms with Gasteiger partial charge in [0.1, 0.15) is 0 Å². The Morgan fingerprint density at radius 2 is 2.07 bits per heavy atom. The van der Waals surface area contributed by atoms with Crippen LogP contribution in [0.4, 0.5) is 13.2 Å². The van der Waals surface area contributed by atoms with Crippen LogP contribution in [0.25, 0.3) is 0 Å². The zero-order valence-corrected chi connectivity index (χ0v) is 16.5. The number of hydrogen-bond acceptors (Lipinski definition) is 4. The minimum Gasteiger partial charge on any atom is -0.454 e. The molecule has 1 aromatic rings. The summed E-state index contributed by atoms with van der Waals surface area (Å²) in [4.78, 5) is 6.20. The summed E-state index contributed by atoms with van der Waals surface area (Å²) in [6.07, 6.45) is -1.37. The first-order valence-electron chi connectivity index (χ1n) is 10.1. The van der Waals surface area contributed by atoms with Gasteiger partial charge >= 0.3 is 6.18 Å². The second-order valence-electron chi connectivity index (χ2n) is 8.02. The monoisotopic (exact) mass is 412 g/mol. The number of guanidine groups is 1. The van der Waals surface area contributed by atoms with Gasteiger partial charge in [0.15, 0.2) is 17.5 Å². The Morgan fingerprint density at radius 1 is 1.28 bits per heavy atom. The number of halogens is 3. The second-order valence-corrected chi connectivity index (χ2v) is 8.02. The number of rotatable bonds is 6. The summed E-state index contributed by atoms with van der Waals surface area (Å²) in [5.74, 6) is 2.21. The van der Waals surface area contributed by atoms with E-state index in [-0.39, 0.29) is 18.2 Å². The van der Waals surface area contributed by atoms with Crippen LogP contribution in [0.5, 0.6) is 11.5 Å². The summed E-state index contributed by atoms with van der Waals surface area (Å²) in [6, 6.07) is 6.02. The van der Waals surface area contributed by atoms with Crippen LogP contribution >= 0.6 is 0 Å². The lowest BCUT2D eigenvalue weighted by atomic mass is 9.96. The molecule has 2 fully saturated rings. The number of benzene rings is 1. The molecule has 0 radical (unpaired) electrons. The van der Waals surface area contributed by atoms with Gasteiger partial charge in [-0.1, -0.05) is 6.07 Å². The predicted octanol–water partition coefficient (Wildman–Crippen LogP) is 2.64. The van der Waals surface area contributed by atoms with Crippen LogP contribution in [-0.2, 0) is 5.41 Å². The number of aliphatic imine (C=N–C) groups is 1. The minimum absolute atomic E-state index is 0.00132. The van der Waals surface area contributed by atoms with Gasteiger partial charge in [0.05, 0.1) is 13.1 Å². The van der Waals surface area contributed by atoms with Gasteiger partial charge in [0.2, 0.25) is 6.79 Å². The van der Waals surface area contributed by atoms with Crippen LogP contribution in [0.1, 0.15) is 31.7 Å². The van der Waals surface area contributed by atoms with Crippen molar-refractivity contribution in [2.24, 2.45) is 4.99 Å². The quantitative estimate of drug-likeness (QED) is 0.556. The molecule has 0 amide bonds. The zero-order valence-electron chi connectivity index (χ0n) is 16.5. The largest absolute Gasteiger partial charge is 0.454 e. The fourth-order valence-corrected chi connectivity index (χ4v) is 4.01. The molecule has 0 bridgehead atoms. The van der Waals surface area contributed by atoms with E-state index in [4.69, 9.17) is 14.5 Å². The van der Waals surface area contributed by atoms with Gasteiger partial charge in [-0.05, 0) is 43.9 Å².